The maximum atomic E-state index is 13.7. The second-order valence-corrected chi connectivity index (χ2v) is 3.99. The van der Waals surface area contributed by atoms with Gasteiger partial charge >= 0.3 is 21.9 Å². The Morgan fingerprint density at radius 3 is 1.95 bits per heavy atom. The minimum absolute atomic E-state index is 0.457. The van der Waals surface area contributed by atoms with Crippen LogP contribution in [-0.2, 0) is 13.7 Å². The fourth-order valence-corrected chi connectivity index (χ4v) is 1.58. The van der Waals surface area contributed by atoms with Crippen molar-refractivity contribution in [1.82, 2.24) is 0 Å². The van der Waals surface area contributed by atoms with Crippen molar-refractivity contribution in [3.8, 4) is 0 Å². The zero-order chi connectivity index (χ0) is 16.9. The van der Waals surface area contributed by atoms with Crippen molar-refractivity contribution < 1.29 is 32.7 Å². The molecule has 0 saturated carbocycles. The zero-order valence-electron chi connectivity index (χ0n) is 11.6. The molecular formula is C12H12B3F2O5. The van der Waals surface area contributed by atoms with Crippen LogP contribution in [0.1, 0.15) is 0 Å². The molecule has 0 bridgehead atoms. The normalized spacial score (nSPS) is 17.0. The third-order valence-electron chi connectivity index (χ3n) is 2.59. The van der Waals surface area contributed by atoms with Crippen LogP contribution in [0, 0.1) is 0 Å². The third kappa shape index (κ3) is 4.00. The van der Waals surface area contributed by atoms with E-state index in [1.54, 1.807) is 0 Å². The van der Waals surface area contributed by atoms with E-state index in [0.29, 0.717) is 0 Å². The monoisotopic (exact) mass is 307 g/mol. The minimum atomic E-state index is -1.50. The summed E-state index contributed by atoms with van der Waals surface area (Å²) in [6, 6.07) is 0. The number of aliphatic hydroxyl groups excluding tert-OH is 2. The van der Waals surface area contributed by atoms with Gasteiger partial charge in [0.15, 0.2) is 0 Å². The SMILES string of the molecule is C=C/C(O)=C(/B1O[B]OB(/C(C(=C)O)=C(\F)C=C)O1)C(=C)F. The Bertz CT molecular complexity index is 525. The lowest BCUT2D eigenvalue weighted by Crippen LogP contribution is -2.46. The molecule has 0 aromatic carbocycles. The van der Waals surface area contributed by atoms with Gasteiger partial charge in [-0.05, 0) is 12.2 Å². The van der Waals surface area contributed by atoms with Crippen LogP contribution in [0.25, 0.3) is 0 Å². The van der Waals surface area contributed by atoms with E-state index in [1.807, 2.05) is 0 Å². The van der Waals surface area contributed by atoms with Gasteiger partial charge in [-0.1, -0.05) is 26.3 Å². The van der Waals surface area contributed by atoms with Gasteiger partial charge in [0.05, 0.1) is 10.9 Å². The molecule has 0 amide bonds. The Morgan fingerprint density at radius 2 is 1.55 bits per heavy atom. The van der Waals surface area contributed by atoms with E-state index >= 15 is 0 Å². The zero-order valence-corrected chi connectivity index (χ0v) is 11.6. The van der Waals surface area contributed by atoms with Crippen LogP contribution >= 0.6 is 0 Å². The summed E-state index contributed by atoms with van der Waals surface area (Å²) in [7, 11) is -2.25. The van der Waals surface area contributed by atoms with E-state index in [-0.39, 0.29) is 0 Å². The Balaban J connectivity index is 3.16. The standard InChI is InChI=1S/C12H12B3F2O5/c1-5-9(17)12(8(4)18)15-21-13-20-14(22-15)11(7(3)16)10(19)6-2/h5-6,18-19H,1-4H2/b11-10-,12-9-. The molecule has 0 unspecified atom stereocenters. The molecule has 10 heteroatoms. The molecular weight excluding hydrogens is 295 g/mol. The van der Waals surface area contributed by atoms with Crippen molar-refractivity contribution in [3.63, 3.8) is 0 Å². The molecule has 0 spiro atoms. The molecule has 1 aliphatic heterocycles. The first-order valence-electron chi connectivity index (χ1n) is 5.92. The van der Waals surface area contributed by atoms with Gasteiger partial charge < -0.3 is 23.9 Å². The molecule has 22 heavy (non-hydrogen) atoms. The lowest BCUT2D eigenvalue weighted by molar-refractivity contribution is 0.306. The van der Waals surface area contributed by atoms with Gasteiger partial charge in [-0.15, -0.1) is 0 Å². The van der Waals surface area contributed by atoms with Gasteiger partial charge in [-0.3, -0.25) is 0 Å². The molecule has 1 radical (unpaired) electrons. The summed E-state index contributed by atoms with van der Waals surface area (Å²) in [6.07, 6.45) is 1.75. The molecule has 0 aliphatic carbocycles. The third-order valence-corrected chi connectivity index (χ3v) is 2.59. The second-order valence-electron chi connectivity index (χ2n) is 3.99. The van der Waals surface area contributed by atoms with Gasteiger partial charge in [-0.25, -0.2) is 8.78 Å². The van der Waals surface area contributed by atoms with Crippen molar-refractivity contribution in [1.29, 1.82) is 0 Å². The van der Waals surface area contributed by atoms with Crippen LogP contribution in [0.4, 0.5) is 8.78 Å². The highest BCUT2D eigenvalue weighted by atomic mass is 19.1. The van der Waals surface area contributed by atoms with Crippen LogP contribution < -0.4 is 0 Å². The number of rotatable bonds is 6. The molecule has 2 N–H and O–H groups in total. The van der Waals surface area contributed by atoms with Crippen LogP contribution in [0.2, 0.25) is 0 Å². The summed E-state index contributed by atoms with van der Waals surface area (Å²) in [5.41, 5.74) is -0.914. The molecule has 0 aromatic heterocycles. The van der Waals surface area contributed by atoms with Crippen molar-refractivity contribution in [2.45, 2.75) is 0 Å². The van der Waals surface area contributed by atoms with Crippen molar-refractivity contribution in [2.24, 2.45) is 0 Å². The lowest BCUT2D eigenvalue weighted by atomic mass is 9.65. The first kappa shape index (κ1) is 18.0. The van der Waals surface area contributed by atoms with E-state index in [0.717, 1.165) is 19.8 Å². The van der Waals surface area contributed by atoms with E-state index < -0.39 is 48.4 Å². The van der Waals surface area contributed by atoms with E-state index in [4.69, 9.17) is 13.7 Å². The number of halogens is 2. The Morgan fingerprint density at radius 1 is 1.00 bits per heavy atom. The average Bonchev–Trinajstić information content (AvgIpc) is 2.46. The summed E-state index contributed by atoms with van der Waals surface area (Å²) in [6.45, 7) is 12.7. The van der Waals surface area contributed by atoms with E-state index in [2.05, 4.69) is 26.3 Å². The molecule has 1 saturated heterocycles. The van der Waals surface area contributed by atoms with Gasteiger partial charge in [0.1, 0.15) is 23.2 Å². The number of aliphatic hydroxyl groups is 2. The number of hydrogen-bond donors (Lipinski definition) is 2. The Labute approximate surface area is 128 Å². The van der Waals surface area contributed by atoms with Crippen molar-refractivity contribution in [3.05, 3.63) is 72.6 Å². The molecule has 0 atom stereocenters. The first-order chi connectivity index (χ1) is 10.3. The molecule has 1 heterocycles. The minimum Gasteiger partial charge on any atom is -0.509 e. The summed E-state index contributed by atoms with van der Waals surface area (Å²) in [5.74, 6) is -3.25. The van der Waals surface area contributed by atoms with Crippen molar-refractivity contribution in [2.75, 3.05) is 0 Å². The molecule has 5 nitrogen and oxygen atoms in total. The van der Waals surface area contributed by atoms with Gasteiger partial charge in [0, 0.05) is 0 Å². The highest BCUT2D eigenvalue weighted by molar-refractivity contribution is 6.75. The van der Waals surface area contributed by atoms with Crippen LogP contribution in [0.3, 0.4) is 0 Å². The van der Waals surface area contributed by atoms with Crippen LogP contribution in [-0.4, -0.2) is 32.1 Å². The Kier molecular flexibility index (Phi) is 6.42. The summed E-state index contributed by atoms with van der Waals surface area (Å²) < 4.78 is 42.1. The predicted octanol–water partition coefficient (Wildman–Crippen LogP) is 2.60. The average molecular weight is 307 g/mol. The highest BCUT2D eigenvalue weighted by Crippen LogP contribution is 2.26. The molecule has 113 valence electrons. The van der Waals surface area contributed by atoms with Crippen molar-refractivity contribution >= 4 is 21.9 Å². The topological polar surface area (TPSA) is 68.2 Å². The lowest BCUT2D eigenvalue weighted by Gasteiger charge is -2.27. The van der Waals surface area contributed by atoms with Crippen LogP contribution in [0.15, 0.2) is 72.6 Å². The predicted molar refractivity (Wildman–Crippen MR) is 80.7 cm³/mol. The van der Waals surface area contributed by atoms with Gasteiger partial charge in [-0.2, -0.15) is 0 Å². The number of hydrogen-bond acceptors (Lipinski definition) is 5. The summed E-state index contributed by atoms with van der Waals surface area (Å²) in [4.78, 5) is 0. The first-order valence-corrected chi connectivity index (χ1v) is 5.92. The van der Waals surface area contributed by atoms with E-state index in [1.165, 1.54) is 0 Å². The second kappa shape index (κ2) is 7.83. The van der Waals surface area contributed by atoms with Gasteiger partial charge in [0.25, 0.3) is 0 Å². The smallest absolute Gasteiger partial charge is 0.473 e. The quantitative estimate of drug-likeness (QED) is 0.448. The molecule has 0 aromatic rings. The molecule has 1 aliphatic rings. The summed E-state index contributed by atoms with van der Waals surface area (Å²) >= 11 is 0. The number of allylic oxidation sites excluding steroid dienone is 6. The largest absolute Gasteiger partial charge is 0.509 e. The summed E-state index contributed by atoms with van der Waals surface area (Å²) in [5, 5.41) is 19.0. The van der Waals surface area contributed by atoms with Gasteiger partial charge in [0.2, 0.25) is 0 Å². The maximum Gasteiger partial charge on any atom is 0.473 e. The van der Waals surface area contributed by atoms with E-state index in [9.17, 15) is 19.0 Å². The van der Waals surface area contributed by atoms with Crippen LogP contribution in [0.5, 0.6) is 0 Å². The molecule has 1 rings (SSSR count). The Hall–Kier alpha value is -2.03. The fourth-order valence-electron chi connectivity index (χ4n) is 1.58. The maximum absolute atomic E-state index is 13.7. The highest BCUT2D eigenvalue weighted by Gasteiger charge is 2.42. The fraction of sp³-hybridized carbons (Fsp3) is 0. The molecule has 1 fully saturated rings.